The molecule has 10 nitrogen and oxygen atoms in total. The Balaban J connectivity index is 1.62. The van der Waals surface area contributed by atoms with Crippen LogP contribution in [-0.2, 0) is 7.05 Å². The summed E-state index contributed by atoms with van der Waals surface area (Å²) in [4.78, 5) is 29.9. The second-order valence-electron chi connectivity index (χ2n) is 7.47. The molecule has 0 fully saturated rings. The van der Waals surface area contributed by atoms with E-state index in [9.17, 15) is 14.0 Å². The lowest BCUT2D eigenvalue weighted by Gasteiger charge is -2.11. The highest BCUT2D eigenvalue weighted by atomic mass is 19.1. The van der Waals surface area contributed by atoms with Gasteiger partial charge in [-0.05, 0) is 61.5 Å². The third kappa shape index (κ3) is 4.85. The van der Waals surface area contributed by atoms with Crippen LogP contribution in [0.1, 0.15) is 6.42 Å². The average molecular weight is 466 g/mol. The van der Waals surface area contributed by atoms with Gasteiger partial charge in [-0.3, -0.25) is 9.36 Å². The van der Waals surface area contributed by atoms with E-state index in [2.05, 4.69) is 20.5 Å². The zero-order valence-electron chi connectivity index (χ0n) is 18.4. The van der Waals surface area contributed by atoms with E-state index in [1.807, 2.05) is 0 Å². The SMILES string of the molecule is Cn1c(=O)c2nc(-c3ccc(OCCCNCCO)cc3)nnc2n(-c2ccc(F)cc2)c1=O. The first-order valence-electron chi connectivity index (χ1n) is 10.7. The molecule has 0 atom stereocenters. The predicted molar refractivity (Wildman–Crippen MR) is 124 cm³/mol. The molecule has 0 saturated carbocycles. The molecule has 0 aliphatic carbocycles. The molecular weight excluding hydrogens is 443 g/mol. The van der Waals surface area contributed by atoms with Crippen molar-refractivity contribution >= 4 is 11.2 Å². The fraction of sp³-hybridized carbons (Fsp3) is 0.261. The second kappa shape index (κ2) is 10.3. The maximum absolute atomic E-state index is 13.4. The first kappa shape index (κ1) is 23.2. The number of ether oxygens (including phenoxy) is 1. The number of halogens is 1. The van der Waals surface area contributed by atoms with Gasteiger partial charge in [0.15, 0.2) is 17.0 Å². The Morgan fingerprint density at radius 2 is 1.76 bits per heavy atom. The Kier molecular flexibility index (Phi) is 7.04. The molecule has 0 spiro atoms. The van der Waals surface area contributed by atoms with Gasteiger partial charge in [0.25, 0.3) is 5.56 Å². The molecule has 0 unspecified atom stereocenters. The van der Waals surface area contributed by atoms with Gasteiger partial charge >= 0.3 is 5.69 Å². The van der Waals surface area contributed by atoms with Crippen molar-refractivity contribution in [1.29, 1.82) is 0 Å². The van der Waals surface area contributed by atoms with E-state index in [0.717, 1.165) is 17.5 Å². The van der Waals surface area contributed by atoms with Crippen LogP contribution in [0.15, 0.2) is 58.1 Å². The molecule has 0 bridgehead atoms. The zero-order chi connectivity index (χ0) is 24.1. The predicted octanol–water partition coefficient (Wildman–Crippen LogP) is 1.03. The summed E-state index contributed by atoms with van der Waals surface area (Å²) in [6, 6.07) is 12.3. The van der Waals surface area contributed by atoms with Crippen molar-refractivity contribution in [2.24, 2.45) is 7.05 Å². The monoisotopic (exact) mass is 466 g/mol. The van der Waals surface area contributed by atoms with Crippen molar-refractivity contribution in [3.05, 3.63) is 75.2 Å². The van der Waals surface area contributed by atoms with Crippen LogP contribution in [0.5, 0.6) is 5.75 Å². The Morgan fingerprint density at radius 1 is 1.03 bits per heavy atom. The van der Waals surface area contributed by atoms with E-state index >= 15 is 0 Å². The topological polar surface area (TPSA) is 124 Å². The molecular formula is C23H23FN6O4. The highest BCUT2D eigenvalue weighted by Crippen LogP contribution is 2.20. The lowest BCUT2D eigenvalue weighted by molar-refractivity contribution is 0.282. The Morgan fingerprint density at radius 3 is 2.47 bits per heavy atom. The molecule has 4 aromatic rings. The fourth-order valence-electron chi connectivity index (χ4n) is 3.34. The average Bonchev–Trinajstić information content (AvgIpc) is 2.86. The van der Waals surface area contributed by atoms with Gasteiger partial charge < -0.3 is 15.2 Å². The first-order valence-corrected chi connectivity index (χ1v) is 10.7. The molecule has 2 aromatic heterocycles. The Bertz CT molecular complexity index is 1400. The van der Waals surface area contributed by atoms with Crippen LogP contribution in [0.3, 0.4) is 0 Å². The van der Waals surface area contributed by atoms with E-state index in [4.69, 9.17) is 9.84 Å². The van der Waals surface area contributed by atoms with Gasteiger partial charge in [-0.15, -0.1) is 10.2 Å². The molecule has 0 radical (unpaired) electrons. The number of nitrogens with one attached hydrogen (secondary N) is 1. The maximum atomic E-state index is 13.4. The van der Waals surface area contributed by atoms with E-state index in [0.29, 0.717) is 30.2 Å². The van der Waals surface area contributed by atoms with Crippen molar-refractivity contribution < 1.29 is 14.2 Å². The van der Waals surface area contributed by atoms with E-state index in [-0.39, 0.29) is 23.6 Å². The summed E-state index contributed by atoms with van der Waals surface area (Å²) in [5, 5.41) is 20.0. The summed E-state index contributed by atoms with van der Waals surface area (Å²) < 4.78 is 21.1. The van der Waals surface area contributed by atoms with Crippen LogP contribution < -0.4 is 21.3 Å². The Hall–Kier alpha value is -3.96. The van der Waals surface area contributed by atoms with Crippen molar-refractivity contribution in [3.8, 4) is 22.8 Å². The summed E-state index contributed by atoms with van der Waals surface area (Å²) in [6.45, 7) is 1.91. The number of rotatable bonds is 9. The van der Waals surface area contributed by atoms with Gasteiger partial charge in [0, 0.05) is 19.2 Å². The number of aromatic nitrogens is 5. The number of hydrogen-bond acceptors (Lipinski definition) is 8. The molecule has 0 amide bonds. The van der Waals surface area contributed by atoms with Crippen molar-refractivity contribution in [3.63, 3.8) is 0 Å². The summed E-state index contributed by atoms with van der Waals surface area (Å²) in [5.74, 6) is 0.428. The van der Waals surface area contributed by atoms with Crippen LogP contribution in [0.2, 0.25) is 0 Å². The number of nitrogens with zero attached hydrogens (tertiary/aromatic N) is 5. The lowest BCUT2D eigenvalue weighted by Crippen LogP contribution is -2.38. The molecule has 4 rings (SSSR count). The van der Waals surface area contributed by atoms with Crippen LogP contribution in [0.4, 0.5) is 4.39 Å². The molecule has 176 valence electrons. The standard InChI is InChI=1S/C23H23FN6O4/c1-29-22(32)19-21(30(23(29)33)17-7-5-16(24)6-8-17)28-27-20(26-19)15-3-9-18(10-4-15)34-14-2-11-25-12-13-31/h3-10,25,31H,2,11-14H2,1H3. The molecule has 2 N–H and O–H groups in total. The first-order chi connectivity index (χ1) is 16.5. The van der Waals surface area contributed by atoms with Crippen LogP contribution in [0, 0.1) is 5.82 Å². The number of hydrogen-bond donors (Lipinski definition) is 2. The van der Waals surface area contributed by atoms with E-state index in [1.54, 1.807) is 24.3 Å². The Labute approximate surface area is 193 Å². The van der Waals surface area contributed by atoms with Crippen molar-refractivity contribution in [2.45, 2.75) is 6.42 Å². The maximum Gasteiger partial charge on any atom is 0.337 e. The van der Waals surface area contributed by atoms with Crippen LogP contribution in [-0.4, -0.2) is 55.7 Å². The summed E-state index contributed by atoms with van der Waals surface area (Å²) in [5.41, 5.74) is -0.340. The second-order valence-corrected chi connectivity index (χ2v) is 7.47. The highest BCUT2D eigenvalue weighted by molar-refractivity contribution is 5.73. The van der Waals surface area contributed by atoms with Gasteiger partial charge in [0.2, 0.25) is 0 Å². The summed E-state index contributed by atoms with van der Waals surface area (Å²) in [7, 11) is 1.34. The molecule has 2 heterocycles. The lowest BCUT2D eigenvalue weighted by atomic mass is 10.2. The largest absolute Gasteiger partial charge is 0.494 e. The van der Waals surface area contributed by atoms with Gasteiger partial charge in [-0.2, -0.15) is 0 Å². The van der Waals surface area contributed by atoms with Crippen LogP contribution >= 0.6 is 0 Å². The number of aliphatic hydroxyl groups excluding tert-OH is 1. The van der Waals surface area contributed by atoms with E-state index < -0.39 is 17.1 Å². The minimum absolute atomic E-state index is 0.0155. The van der Waals surface area contributed by atoms with E-state index in [1.165, 1.54) is 35.9 Å². The smallest absolute Gasteiger partial charge is 0.337 e. The molecule has 0 aliphatic heterocycles. The molecule has 0 aliphatic rings. The van der Waals surface area contributed by atoms with Gasteiger partial charge in [0.05, 0.1) is 18.9 Å². The molecule has 0 saturated heterocycles. The van der Waals surface area contributed by atoms with Crippen molar-refractivity contribution in [1.82, 2.24) is 29.6 Å². The minimum atomic E-state index is -0.638. The molecule has 11 heteroatoms. The summed E-state index contributed by atoms with van der Waals surface area (Å²) in [6.07, 6.45) is 0.790. The summed E-state index contributed by atoms with van der Waals surface area (Å²) >= 11 is 0. The quantitative estimate of drug-likeness (QED) is 0.351. The third-order valence-corrected chi connectivity index (χ3v) is 5.12. The third-order valence-electron chi connectivity index (χ3n) is 5.12. The number of aliphatic hydroxyl groups is 1. The minimum Gasteiger partial charge on any atom is -0.494 e. The zero-order valence-corrected chi connectivity index (χ0v) is 18.4. The van der Waals surface area contributed by atoms with Gasteiger partial charge in [-0.25, -0.2) is 18.7 Å². The van der Waals surface area contributed by atoms with Gasteiger partial charge in [0.1, 0.15) is 11.6 Å². The molecule has 34 heavy (non-hydrogen) atoms. The van der Waals surface area contributed by atoms with Gasteiger partial charge in [-0.1, -0.05) is 0 Å². The number of benzene rings is 2. The molecule has 2 aromatic carbocycles. The highest BCUT2D eigenvalue weighted by Gasteiger charge is 2.17. The fourth-order valence-corrected chi connectivity index (χ4v) is 3.34. The van der Waals surface area contributed by atoms with Crippen molar-refractivity contribution in [2.75, 3.05) is 26.3 Å². The van der Waals surface area contributed by atoms with Crippen LogP contribution in [0.25, 0.3) is 28.2 Å². The number of fused-ring (bicyclic) bond motifs is 1. The normalized spacial score (nSPS) is 11.1.